The van der Waals surface area contributed by atoms with E-state index in [9.17, 15) is 47.4 Å². The number of nitrogens with one attached hydrogen (secondary N) is 5. The van der Waals surface area contributed by atoms with Gasteiger partial charge in [-0.15, -0.1) is 0 Å². The van der Waals surface area contributed by atoms with Crippen molar-refractivity contribution >= 4 is 63.6 Å². The van der Waals surface area contributed by atoms with Gasteiger partial charge in [-0.25, -0.2) is 8.78 Å². The normalized spacial score (nSPS) is 18.1. The SMILES string of the molecule is O=C1CCC(N2C(=O)c3cccc(NCCOCCOCCOCCOCCOCCNC(=O)c4cc5cc(N6CCC(O)(C(=O)NCc7cc(F)cc(F)c7)C6=O)ccc5[nH]4)c3C2=O)C(=O)N1. The van der Waals surface area contributed by atoms with Crippen LogP contribution in [-0.2, 0) is 49.4 Å². The van der Waals surface area contributed by atoms with Crippen LogP contribution in [0.5, 0.6) is 0 Å². The third kappa shape index (κ3) is 11.9. The van der Waals surface area contributed by atoms with Gasteiger partial charge >= 0.3 is 0 Å². The van der Waals surface area contributed by atoms with Crippen molar-refractivity contribution in [3.63, 3.8) is 0 Å². The summed E-state index contributed by atoms with van der Waals surface area (Å²) in [7, 11) is 0. The molecule has 362 valence electrons. The number of halogens is 2. The van der Waals surface area contributed by atoms with E-state index >= 15 is 0 Å². The summed E-state index contributed by atoms with van der Waals surface area (Å²) in [5, 5.41) is 22.1. The van der Waals surface area contributed by atoms with Crippen LogP contribution < -0.4 is 26.2 Å². The topological polar surface area (TPSA) is 256 Å². The van der Waals surface area contributed by atoms with Crippen LogP contribution in [0, 0.1) is 11.6 Å². The first-order chi connectivity index (χ1) is 32.8. The molecule has 2 unspecified atom stereocenters. The fourth-order valence-corrected chi connectivity index (χ4v) is 7.85. The monoisotopic (exact) mass is 947 g/mol. The molecule has 0 saturated carbocycles. The van der Waals surface area contributed by atoms with Crippen molar-refractivity contribution in [1.29, 1.82) is 0 Å². The number of aromatic nitrogens is 1. The number of aromatic amines is 1. The van der Waals surface area contributed by atoms with Gasteiger partial charge in [0.2, 0.25) is 17.4 Å². The van der Waals surface area contributed by atoms with Crippen molar-refractivity contribution in [2.45, 2.75) is 37.5 Å². The summed E-state index contributed by atoms with van der Waals surface area (Å²) in [6, 6.07) is 13.1. The lowest BCUT2D eigenvalue weighted by Crippen LogP contribution is -2.54. The molecule has 22 heteroatoms. The van der Waals surface area contributed by atoms with Gasteiger partial charge in [0.25, 0.3) is 29.5 Å². The molecule has 0 radical (unpaired) electrons. The first-order valence-electron chi connectivity index (χ1n) is 22.0. The van der Waals surface area contributed by atoms with E-state index in [1.807, 2.05) is 0 Å². The first kappa shape index (κ1) is 49.2. The fourth-order valence-electron chi connectivity index (χ4n) is 7.85. The van der Waals surface area contributed by atoms with Crippen LogP contribution in [0.15, 0.2) is 60.7 Å². The second kappa shape index (κ2) is 22.9. The van der Waals surface area contributed by atoms with Gasteiger partial charge in [-0.3, -0.25) is 43.8 Å². The molecular formula is C46H51F2N7O13. The maximum absolute atomic E-state index is 13.5. The van der Waals surface area contributed by atoms with E-state index in [-0.39, 0.29) is 73.8 Å². The Hall–Kier alpha value is -6.69. The smallest absolute Gasteiger partial charge is 0.268 e. The van der Waals surface area contributed by atoms with Gasteiger partial charge < -0.3 is 54.6 Å². The highest BCUT2D eigenvalue weighted by molar-refractivity contribution is 6.25. The Morgan fingerprint density at radius 3 is 2.07 bits per heavy atom. The van der Waals surface area contributed by atoms with Crippen molar-refractivity contribution in [1.82, 2.24) is 25.8 Å². The van der Waals surface area contributed by atoms with Gasteiger partial charge in [0.15, 0.2) is 0 Å². The van der Waals surface area contributed by atoms with Crippen molar-refractivity contribution in [3.8, 4) is 0 Å². The zero-order chi connectivity index (χ0) is 48.2. The number of hydrogen-bond donors (Lipinski definition) is 6. The highest BCUT2D eigenvalue weighted by Gasteiger charge is 2.52. The van der Waals surface area contributed by atoms with E-state index in [0.717, 1.165) is 17.0 Å². The molecule has 20 nitrogen and oxygen atoms in total. The van der Waals surface area contributed by atoms with E-state index in [4.69, 9.17) is 23.7 Å². The minimum absolute atomic E-state index is 0.0353. The average Bonchev–Trinajstić information content (AvgIpc) is 3.96. The summed E-state index contributed by atoms with van der Waals surface area (Å²) in [4.78, 5) is 94.2. The number of carbonyl (C=O) groups is 7. The van der Waals surface area contributed by atoms with Crippen LogP contribution in [0.25, 0.3) is 10.9 Å². The number of amides is 7. The zero-order valence-corrected chi connectivity index (χ0v) is 36.9. The van der Waals surface area contributed by atoms with Crippen molar-refractivity contribution in [2.24, 2.45) is 0 Å². The molecular weight excluding hydrogens is 897 g/mol. The zero-order valence-electron chi connectivity index (χ0n) is 36.9. The van der Waals surface area contributed by atoms with Gasteiger partial charge in [-0.05, 0) is 60.5 Å². The van der Waals surface area contributed by atoms with Crippen LogP contribution in [0.1, 0.15) is 56.0 Å². The molecule has 4 heterocycles. The molecule has 7 rings (SSSR count). The summed E-state index contributed by atoms with van der Waals surface area (Å²) in [5.74, 6) is -6.11. The Morgan fingerprint density at radius 1 is 0.765 bits per heavy atom. The van der Waals surface area contributed by atoms with Crippen molar-refractivity contribution < 1.29 is 71.1 Å². The summed E-state index contributed by atoms with van der Waals surface area (Å²) < 4.78 is 54.7. The molecule has 68 heavy (non-hydrogen) atoms. The first-order valence-corrected chi connectivity index (χ1v) is 22.0. The number of aliphatic hydroxyl groups is 1. The van der Waals surface area contributed by atoms with Gasteiger partial charge in [0.05, 0.1) is 77.2 Å². The molecule has 2 atom stereocenters. The number of nitrogens with zero attached hydrogens (tertiary/aromatic N) is 2. The van der Waals surface area contributed by atoms with E-state index in [0.29, 0.717) is 94.4 Å². The Bertz CT molecular complexity index is 2520. The third-order valence-corrected chi connectivity index (χ3v) is 11.3. The van der Waals surface area contributed by atoms with Crippen LogP contribution in [0.4, 0.5) is 20.2 Å². The van der Waals surface area contributed by atoms with Gasteiger partial charge in [0, 0.05) is 67.4 Å². The number of benzene rings is 3. The highest BCUT2D eigenvalue weighted by atomic mass is 19.1. The average molecular weight is 948 g/mol. The fraction of sp³-hybridized carbons (Fsp3) is 0.413. The third-order valence-electron chi connectivity index (χ3n) is 11.3. The minimum Gasteiger partial charge on any atom is -0.382 e. The molecule has 0 bridgehead atoms. The van der Waals surface area contributed by atoms with Gasteiger partial charge in [-0.1, -0.05) is 6.07 Å². The molecule has 2 saturated heterocycles. The van der Waals surface area contributed by atoms with E-state index < -0.39 is 58.7 Å². The number of ether oxygens (including phenoxy) is 5. The number of H-pyrrole nitrogens is 1. The maximum Gasteiger partial charge on any atom is 0.268 e. The van der Waals surface area contributed by atoms with Crippen LogP contribution in [-0.4, -0.2) is 154 Å². The van der Waals surface area contributed by atoms with E-state index in [2.05, 4.69) is 26.3 Å². The van der Waals surface area contributed by atoms with E-state index in [1.54, 1.807) is 36.4 Å². The number of imide groups is 2. The number of anilines is 2. The molecule has 3 aliphatic heterocycles. The molecule has 2 fully saturated rings. The molecule has 1 aromatic heterocycles. The molecule has 7 amide bonds. The Balaban J connectivity index is 0.683. The summed E-state index contributed by atoms with van der Waals surface area (Å²) in [6.45, 7) is 3.57. The van der Waals surface area contributed by atoms with Crippen LogP contribution in [0.3, 0.4) is 0 Å². The predicted molar refractivity (Wildman–Crippen MR) is 236 cm³/mol. The Kier molecular flexibility index (Phi) is 16.6. The number of fused-ring (bicyclic) bond motifs is 2. The van der Waals surface area contributed by atoms with E-state index in [1.165, 1.54) is 11.0 Å². The van der Waals surface area contributed by atoms with Crippen molar-refractivity contribution in [3.05, 3.63) is 94.7 Å². The highest BCUT2D eigenvalue weighted by Crippen LogP contribution is 2.33. The standard InChI is InChI=1S/C46H51F2N7O13/c47-30-22-28(23-31(48)26-30)27-51-44(61)46(63)8-11-54(45(46)62)32-4-5-34-29(24-32)25-36(52-34)40(57)50-10-13-65-15-17-67-19-21-68-20-18-66-16-14-64-12-9-49-35-3-1-2-33-39(35)43(60)55(42(33)59)37-6-7-38(56)53-41(37)58/h1-5,22-26,37,49,52,63H,6-21,27H2,(H,50,57)(H,51,61)(H,53,56,58). The molecule has 6 N–H and O–H groups in total. The molecule has 0 spiro atoms. The van der Waals surface area contributed by atoms with Crippen LogP contribution in [0.2, 0.25) is 0 Å². The number of rotatable bonds is 25. The summed E-state index contributed by atoms with van der Waals surface area (Å²) >= 11 is 0. The maximum atomic E-state index is 13.5. The lowest BCUT2D eigenvalue weighted by atomic mass is 10.0. The van der Waals surface area contributed by atoms with Gasteiger partial charge in [0.1, 0.15) is 23.4 Å². The largest absolute Gasteiger partial charge is 0.382 e. The van der Waals surface area contributed by atoms with Gasteiger partial charge in [-0.2, -0.15) is 0 Å². The second-order valence-electron chi connectivity index (χ2n) is 15.9. The summed E-state index contributed by atoms with van der Waals surface area (Å²) in [5.41, 5.74) is -0.115. The lowest BCUT2D eigenvalue weighted by Gasteiger charge is -2.27. The predicted octanol–water partition coefficient (Wildman–Crippen LogP) is 1.56. The van der Waals surface area contributed by atoms with Crippen LogP contribution >= 0.6 is 0 Å². The second-order valence-corrected chi connectivity index (χ2v) is 15.9. The number of carbonyl (C=O) groups excluding carboxylic acids is 7. The molecule has 4 aromatic rings. The van der Waals surface area contributed by atoms with Crippen molar-refractivity contribution in [2.75, 3.05) is 95.9 Å². The molecule has 3 aliphatic rings. The molecule has 0 aliphatic carbocycles. The molecule has 3 aromatic carbocycles. The Morgan fingerprint density at radius 2 is 1.41 bits per heavy atom. The minimum atomic E-state index is -2.37. The number of piperidine rings is 1. The lowest BCUT2D eigenvalue weighted by molar-refractivity contribution is -0.149. The summed E-state index contributed by atoms with van der Waals surface area (Å²) in [6.07, 6.45) is -0.0790. The Labute approximate surface area is 387 Å². The quantitative estimate of drug-likeness (QED) is 0.0313. The number of hydrogen-bond acceptors (Lipinski definition) is 14.